The van der Waals surface area contributed by atoms with Gasteiger partial charge in [0.15, 0.2) is 0 Å². The van der Waals surface area contributed by atoms with Crippen LogP contribution in [0.1, 0.15) is 35.2 Å². The largest absolute Gasteiger partial charge is 0.307 e. The molecular weight excluding hydrogens is 254 g/mol. The van der Waals surface area contributed by atoms with Crippen molar-refractivity contribution in [3.05, 3.63) is 69.7 Å². The lowest BCUT2D eigenvalue weighted by Crippen LogP contribution is -2.22. The van der Waals surface area contributed by atoms with E-state index in [4.69, 9.17) is 11.6 Å². The zero-order chi connectivity index (χ0) is 13.8. The molecule has 0 bridgehead atoms. The minimum atomic E-state index is 0.224. The molecule has 100 valence electrons. The molecule has 2 heteroatoms. The first kappa shape index (κ1) is 14.1. The van der Waals surface area contributed by atoms with E-state index in [1.54, 1.807) is 0 Å². The van der Waals surface area contributed by atoms with Gasteiger partial charge in [-0.15, -0.1) is 0 Å². The van der Waals surface area contributed by atoms with Crippen molar-refractivity contribution in [1.82, 2.24) is 5.32 Å². The average Bonchev–Trinajstić information content (AvgIpc) is 2.42. The van der Waals surface area contributed by atoms with E-state index < -0.39 is 0 Å². The van der Waals surface area contributed by atoms with Crippen LogP contribution < -0.4 is 5.32 Å². The normalized spacial score (nSPS) is 12.4. The zero-order valence-electron chi connectivity index (χ0n) is 11.7. The molecule has 0 aliphatic carbocycles. The monoisotopic (exact) mass is 273 g/mol. The highest BCUT2D eigenvalue weighted by molar-refractivity contribution is 6.31. The van der Waals surface area contributed by atoms with Crippen LogP contribution >= 0.6 is 11.6 Å². The topological polar surface area (TPSA) is 12.0 Å². The van der Waals surface area contributed by atoms with E-state index >= 15 is 0 Å². The first-order chi connectivity index (χ1) is 9.13. The van der Waals surface area contributed by atoms with Crippen LogP contribution in [0.2, 0.25) is 5.02 Å². The Bertz CT molecular complexity index is 549. The SMILES string of the molecule is CCNC(c1ccccc1)c1cc(C)c(Cl)cc1C. The second-order valence-electron chi connectivity index (χ2n) is 4.86. The van der Waals surface area contributed by atoms with E-state index in [9.17, 15) is 0 Å². The highest BCUT2D eigenvalue weighted by Gasteiger charge is 2.15. The fraction of sp³-hybridized carbons (Fsp3) is 0.294. The molecule has 2 aromatic rings. The molecule has 0 heterocycles. The van der Waals surface area contributed by atoms with Gasteiger partial charge in [-0.25, -0.2) is 0 Å². The zero-order valence-corrected chi connectivity index (χ0v) is 12.5. The van der Waals surface area contributed by atoms with Gasteiger partial charge in [-0.1, -0.05) is 54.9 Å². The van der Waals surface area contributed by atoms with Crippen molar-refractivity contribution in [2.75, 3.05) is 6.54 Å². The van der Waals surface area contributed by atoms with Crippen molar-refractivity contribution in [3.63, 3.8) is 0 Å². The molecule has 0 radical (unpaired) electrons. The van der Waals surface area contributed by atoms with Crippen LogP contribution in [0.3, 0.4) is 0 Å². The van der Waals surface area contributed by atoms with Gasteiger partial charge in [0.25, 0.3) is 0 Å². The van der Waals surface area contributed by atoms with Gasteiger partial charge in [0, 0.05) is 5.02 Å². The molecule has 1 nitrogen and oxygen atoms in total. The highest BCUT2D eigenvalue weighted by atomic mass is 35.5. The quantitative estimate of drug-likeness (QED) is 0.855. The first-order valence-corrected chi connectivity index (χ1v) is 7.06. The second kappa shape index (κ2) is 6.23. The molecule has 1 unspecified atom stereocenters. The van der Waals surface area contributed by atoms with E-state index in [0.29, 0.717) is 0 Å². The van der Waals surface area contributed by atoms with Gasteiger partial charge < -0.3 is 5.32 Å². The summed E-state index contributed by atoms with van der Waals surface area (Å²) in [5.41, 5.74) is 4.94. The smallest absolute Gasteiger partial charge is 0.0579 e. The minimum absolute atomic E-state index is 0.224. The summed E-state index contributed by atoms with van der Waals surface area (Å²) in [7, 11) is 0. The number of rotatable bonds is 4. The first-order valence-electron chi connectivity index (χ1n) is 6.68. The lowest BCUT2D eigenvalue weighted by atomic mass is 9.93. The predicted octanol–water partition coefficient (Wildman–Crippen LogP) is 4.66. The Balaban J connectivity index is 2.48. The molecule has 2 rings (SSSR count). The van der Waals surface area contributed by atoms with E-state index in [-0.39, 0.29) is 6.04 Å². The lowest BCUT2D eigenvalue weighted by molar-refractivity contribution is 0.627. The summed E-state index contributed by atoms with van der Waals surface area (Å²) in [5.74, 6) is 0. The Morgan fingerprint density at radius 3 is 2.37 bits per heavy atom. The molecule has 0 spiro atoms. The van der Waals surface area contributed by atoms with Crippen LogP contribution in [0.15, 0.2) is 42.5 Å². The Kier molecular flexibility index (Phi) is 4.62. The third-order valence-electron chi connectivity index (χ3n) is 3.40. The second-order valence-corrected chi connectivity index (χ2v) is 5.27. The van der Waals surface area contributed by atoms with Crippen LogP contribution in [0.5, 0.6) is 0 Å². The molecule has 2 aromatic carbocycles. The Morgan fingerprint density at radius 2 is 1.74 bits per heavy atom. The Hall–Kier alpha value is -1.31. The lowest BCUT2D eigenvalue weighted by Gasteiger charge is -2.22. The molecule has 0 amide bonds. The van der Waals surface area contributed by atoms with E-state index in [0.717, 1.165) is 17.1 Å². The van der Waals surface area contributed by atoms with Crippen molar-refractivity contribution in [2.45, 2.75) is 26.8 Å². The van der Waals surface area contributed by atoms with Crippen LogP contribution in [-0.4, -0.2) is 6.54 Å². The maximum absolute atomic E-state index is 6.19. The van der Waals surface area contributed by atoms with E-state index in [2.05, 4.69) is 62.5 Å². The molecule has 1 N–H and O–H groups in total. The average molecular weight is 274 g/mol. The fourth-order valence-corrected chi connectivity index (χ4v) is 2.59. The summed E-state index contributed by atoms with van der Waals surface area (Å²) in [6.45, 7) is 7.24. The molecule has 0 aromatic heterocycles. The number of hydrogen-bond acceptors (Lipinski definition) is 1. The molecule has 0 saturated heterocycles. The van der Waals surface area contributed by atoms with Crippen LogP contribution in [0.4, 0.5) is 0 Å². The fourth-order valence-electron chi connectivity index (χ4n) is 2.37. The van der Waals surface area contributed by atoms with Gasteiger partial charge in [0.05, 0.1) is 6.04 Å². The van der Waals surface area contributed by atoms with Crippen LogP contribution in [0, 0.1) is 13.8 Å². The van der Waals surface area contributed by atoms with Crippen molar-refractivity contribution < 1.29 is 0 Å². The van der Waals surface area contributed by atoms with Crippen LogP contribution in [-0.2, 0) is 0 Å². The molecule has 1 atom stereocenters. The van der Waals surface area contributed by atoms with Gasteiger partial charge in [-0.2, -0.15) is 0 Å². The van der Waals surface area contributed by atoms with Gasteiger partial charge in [-0.3, -0.25) is 0 Å². The van der Waals surface area contributed by atoms with Gasteiger partial charge >= 0.3 is 0 Å². The van der Waals surface area contributed by atoms with Crippen molar-refractivity contribution in [2.24, 2.45) is 0 Å². The van der Waals surface area contributed by atoms with Crippen molar-refractivity contribution in [1.29, 1.82) is 0 Å². The molecular formula is C17H20ClN. The van der Waals surface area contributed by atoms with Gasteiger partial charge in [-0.05, 0) is 48.7 Å². The predicted molar refractivity (Wildman–Crippen MR) is 82.9 cm³/mol. The summed E-state index contributed by atoms with van der Waals surface area (Å²) in [5, 5.41) is 4.40. The third kappa shape index (κ3) is 3.17. The highest BCUT2D eigenvalue weighted by Crippen LogP contribution is 2.29. The molecule has 0 fully saturated rings. The number of hydrogen-bond donors (Lipinski definition) is 1. The van der Waals surface area contributed by atoms with Crippen molar-refractivity contribution in [3.8, 4) is 0 Å². The summed E-state index contributed by atoms with van der Waals surface area (Å²) < 4.78 is 0. The summed E-state index contributed by atoms with van der Waals surface area (Å²) in [4.78, 5) is 0. The molecule has 19 heavy (non-hydrogen) atoms. The van der Waals surface area contributed by atoms with Gasteiger partial charge in [0.1, 0.15) is 0 Å². The third-order valence-corrected chi connectivity index (χ3v) is 3.81. The van der Waals surface area contributed by atoms with Crippen LogP contribution in [0.25, 0.3) is 0 Å². The number of halogens is 1. The molecule has 0 saturated carbocycles. The Morgan fingerprint density at radius 1 is 1.05 bits per heavy atom. The number of benzene rings is 2. The summed E-state index contributed by atoms with van der Waals surface area (Å²) >= 11 is 6.19. The van der Waals surface area contributed by atoms with Gasteiger partial charge in [0.2, 0.25) is 0 Å². The molecule has 0 aliphatic heterocycles. The number of nitrogens with one attached hydrogen (secondary N) is 1. The molecule has 0 aliphatic rings. The summed E-state index contributed by atoms with van der Waals surface area (Å²) in [6, 6.07) is 15.0. The standard InChI is InChI=1S/C17H20ClN/c1-4-19-17(14-8-6-5-7-9-14)15-10-13(3)16(18)11-12(15)2/h5-11,17,19H,4H2,1-3H3. The van der Waals surface area contributed by atoms with E-state index in [1.807, 2.05) is 6.07 Å². The Labute approximate surface area is 120 Å². The minimum Gasteiger partial charge on any atom is -0.307 e. The van der Waals surface area contributed by atoms with E-state index in [1.165, 1.54) is 16.7 Å². The number of aryl methyl sites for hydroxylation is 2. The maximum Gasteiger partial charge on any atom is 0.0579 e. The summed E-state index contributed by atoms with van der Waals surface area (Å²) in [6.07, 6.45) is 0. The van der Waals surface area contributed by atoms with Crippen molar-refractivity contribution >= 4 is 11.6 Å². The maximum atomic E-state index is 6.19.